The number of anilines is 1. The molecule has 0 aliphatic carbocycles. The smallest absolute Gasteiger partial charge is 0.225 e. The van der Waals surface area contributed by atoms with E-state index < -0.39 is 0 Å². The van der Waals surface area contributed by atoms with Crippen molar-refractivity contribution in [3.63, 3.8) is 0 Å². The minimum Gasteiger partial charge on any atom is -0.311 e. The summed E-state index contributed by atoms with van der Waals surface area (Å²) in [7, 11) is 0. The molecule has 0 bridgehead atoms. The standard InChI is InChI=1S/C12H15N5O/c1-10-4-5-14-11(7-10)16-12(18)3-2-6-17-9-13-8-15-17/h4-5,7-9H,2-3,6H2,1H3,(H,14,16,18). The number of amides is 1. The van der Waals surface area contributed by atoms with Gasteiger partial charge in [0.25, 0.3) is 0 Å². The highest BCUT2D eigenvalue weighted by atomic mass is 16.1. The number of carbonyl (C=O) groups excluding carboxylic acids is 1. The van der Waals surface area contributed by atoms with E-state index in [1.165, 1.54) is 6.33 Å². The van der Waals surface area contributed by atoms with Crippen LogP contribution in [0.25, 0.3) is 0 Å². The molecule has 18 heavy (non-hydrogen) atoms. The van der Waals surface area contributed by atoms with Crippen LogP contribution in [-0.2, 0) is 11.3 Å². The van der Waals surface area contributed by atoms with Gasteiger partial charge >= 0.3 is 0 Å². The molecule has 0 atom stereocenters. The molecule has 0 saturated heterocycles. The van der Waals surface area contributed by atoms with Crippen molar-refractivity contribution in [1.29, 1.82) is 0 Å². The third-order valence-corrected chi connectivity index (χ3v) is 2.44. The van der Waals surface area contributed by atoms with Crippen LogP contribution >= 0.6 is 0 Å². The lowest BCUT2D eigenvalue weighted by atomic mass is 10.2. The van der Waals surface area contributed by atoms with Gasteiger partial charge in [-0.3, -0.25) is 9.48 Å². The zero-order chi connectivity index (χ0) is 12.8. The molecule has 2 heterocycles. The molecule has 1 amide bonds. The average Bonchev–Trinajstić information content (AvgIpc) is 2.82. The van der Waals surface area contributed by atoms with E-state index in [-0.39, 0.29) is 5.91 Å². The summed E-state index contributed by atoms with van der Waals surface area (Å²) < 4.78 is 1.71. The van der Waals surface area contributed by atoms with Gasteiger partial charge in [0.05, 0.1) is 0 Å². The Hall–Kier alpha value is -2.24. The highest BCUT2D eigenvalue weighted by Crippen LogP contribution is 2.06. The van der Waals surface area contributed by atoms with Crippen molar-refractivity contribution in [3.05, 3.63) is 36.5 Å². The number of pyridine rings is 1. The van der Waals surface area contributed by atoms with E-state index in [1.54, 1.807) is 17.2 Å². The summed E-state index contributed by atoms with van der Waals surface area (Å²) in [6.07, 6.45) is 5.97. The number of nitrogens with one attached hydrogen (secondary N) is 1. The molecule has 0 fully saturated rings. The third-order valence-electron chi connectivity index (χ3n) is 2.44. The molecule has 94 valence electrons. The lowest BCUT2D eigenvalue weighted by Gasteiger charge is -2.04. The van der Waals surface area contributed by atoms with Crippen LogP contribution in [-0.4, -0.2) is 25.7 Å². The average molecular weight is 245 g/mol. The Bertz CT molecular complexity index is 509. The van der Waals surface area contributed by atoms with Crippen LogP contribution < -0.4 is 5.32 Å². The first kappa shape index (κ1) is 12.2. The molecular weight excluding hydrogens is 230 g/mol. The minimum absolute atomic E-state index is 0.0341. The van der Waals surface area contributed by atoms with E-state index in [4.69, 9.17) is 0 Å². The van der Waals surface area contributed by atoms with E-state index in [2.05, 4.69) is 20.4 Å². The van der Waals surface area contributed by atoms with Crippen molar-refractivity contribution in [1.82, 2.24) is 19.7 Å². The zero-order valence-electron chi connectivity index (χ0n) is 10.2. The van der Waals surface area contributed by atoms with E-state index in [0.29, 0.717) is 18.8 Å². The monoisotopic (exact) mass is 245 g/mol. The molecule has 0 aromatic carbocycles. The predicted molar refractivity (Wildman–Crippen MR) is 66.9 cm³/mol. The number of nitrogens with zero attached hydrogens (tertiary/aromatic N) is 4. The van der Waals surface area contributed by atoms with E-state index >= 15 is 0 Å². The number of hydrogen-bond acceptors (Lipinski definition) is 4. The van der Waals surface area contributed by atoms with Crippen LogP contribution in [0, 0.1) is 6.92 Å². The maximum Gasteiger partial charge on any atom is 0.225 e. The highest BCUT2D eigenvalue weighted by molar-refractivity contribution is 5.89. The number of aryl methyl sites for hydroxylation is 2. The molecule has 2 aromatic rings. The predicted octanol–water partition coefficient (Wildman–Crippen LogP) is 1.40. The first-order chi connectivity index (χ1) is 8.74. The zero-order valence-corrected chi connectivity index (χ0v) is 10.2. The van der Waals surface area contributed by atoms with Crippen molar-refractivity contribution in [2.24, 2.45) is 0 Å². The van der Waals surface area contributed by atoms with Gasteiger partial charge in [0.15, 0.2) is 0 Å². The third kappa shape index (κ3) is 3.65. The van der Waals surface area contributed by atoms with E-state index in [0.717, 1.165) is 12.0 Å². The van der Waals surface area contributed by atoms with Gasteiger partial charge < -0.3 is 5.32 Å². The summed E-state index contributed by atoms with van der Waals surface area (Å²) in [5, 5.41) is 6.74. The lowest BCUT2D eigenvalue weighted by molar-refractivity contribution is -0.116. The van der Waals surface area contributed by atoms with E-state index in [9.17, 15) is 4.79 Å². The van der Waals surface area contributed by atoms with Crippen molar-refractivity contribution < 1.29 is 4.79 Å². The Morgan fingerprint density at radius 1 is 1.50 bits per heavy atom. The van der Waals surface area contributed by atoms with Crippen LogP contribution in [0.4, 0.5) is 5.82 Å². The molecule has 0 saturated carbocycles. The maximum absolute atomic E-state index is 11.7. The van der Waals surface area contributed by atoms with Gasteiger partial charge in [-0.05, 0) is 31.0 Å². The summed E-state index contributed by atoms with van der Waals surface area (Å²) in [6, 6.07) is 3.73. The second-order valence-electron chi connectivity index (χ2n) is 4.03. The van der Waals surface area contributed by atoms with Gasteiger partial charge in [0, 0.05) is 19.2 Å². The molecule has 6 nitrogen and oxygen atoms in total. The van der Waals surface area contributed by atoms with Gasteiger partial charge in [0.1, 0.15) is 18.5 Å². The second-order valence-corrected chi connectivity index (χ2v) is 4.03. The summed E-state index contributed by atoms with van der Waals surface area (Å²) in [5.41, 5.74) is 1.07. The molecule has 0 spiro atoms. The van der Waals surface area contributed by atoms with Crippen molar-refractivity contribution in [2.75, 3.05) is 5.32 Å². The molecule has 2 rings (SSSR count). The van der Waals surface area contributed by atoms with Crippen LogP contribution in [0.5, 0.6) is 0 Å². The molecule has 2 aromatic heterocycles. The molecule has 0 aliphatic rings. The minimum atomic E-state index is -0.0341. The molecular formula is C12H15N5O. The summed E-state index contributed by atoms with van der Waals surface area (Å²) in [6.45, 7) is 2.65. The topological polar surface area (TPSA) is 72.7 Å². The van der Waals surface area contributed by atoms with Gasteiger partial charge in [0.2, 0.25) is 5.91 Å². The number of carbonyl (C=O) groups is 1. The van der Waals surface area contributed by atoms with Gasteiger partial charge in [-0.1, -0.05) is 0 Å². The summed E-state index contributed by atoms with van der Waals surface area (Å²) in [4.78, 5) is 19.6. The lowest BCUT2D eigenvalue weighted by Crippen LogP contribution is -2.13. The molecule has 0 unspecified atom stereocenters. The molecule has 0 aliphatic heterocycles. The molecule has 0 radical (unpaired) electrons. The van der Waals surface area contributed by atoms with Crippen molar-refractivity contribution in [3.8, 4) is 0 Å². The largest absolute Gasteiger partial charge is 0.311 e. The normalized spacial score (nSPS) is 10.3. The Kier molecular flexibility index (Phi) is 4.01. The Labute approximate surface area is 105 Å². The first-order valence-electron chi connectivity index (χ1n) is 5.79. The number of hydrogen-bond donors (Lipinski definition) is 1. The molecule has 6 heteroatoms. The van der Waals surface area contributed by atoms with E-state index in [1.807, 2.05) is 19.1 Å². The van der Waals surface area contributed by atoms with Crippen molar-refractivity contribution in [2.45, 2.75) is 26.3 Å². The number of aromatic nitrogens is 4. The maximum atomic E-state index is 11.7. The first-order valence-corrected chi connectivity index (χ1v) is 5.79. The fourth-order valence-corrected chi connectivity index (χ4v) is 1.56. The fourth-order valence-electron chi connectivity index (χ4n) is 1.56. The number of rotatable bonds is 5. The summed E-state index contributed by atoms with van der Waals surface area (Å²) >= 11 is 0. The van der Waals surface area contributed by atoms with Crippen LogP contribution in [0.1, 0.15) is 18.4 Å². The Balaban J connectivity index is 1.75. The summed E-state index contributed by atoms with van der Waals surface area (Å²) in [5.74, 6) is 0.564. The second kappa shape index (κ2) is 5.90. The SMILES string of the molecule is Cc1ccnc(NC(=O)CCCn2cncn2)c1. The van der Waals surface area contributed by atoms with Crippen molar-refractivity contribution >= 4 is 11.7 Å². The van der Waals surface area contributed by atoms with Gasteiger partial charge in [-0.15, -0.1) is 0 Å². The van der Waals surface area contributed by atoms with Crippen LogP contribution in [0.15, 0.2) is 31.0 Å². The fraction of sp³-hybridized carbons (Fsp3) is 0.333. The van der Waals surface area contributed by atoms with Crippen LogP contribution in [0.3, 0.4) is 0 Å². The quantitative estimate of drug-likeness (QED) is 0.864. The Morgan fingerprint density at radius 3 is 3.11 bits per heavy atom. The van der Waals surface area contributed by atoms with Gasteiger partial charge in [-0.25, -0.2) is 9.97 Å². The molecule has 1 N–H and O–H groups in total. The van der Waals surface area contributed by atoms with Crippen LogP contribution in [0.2, 0.25) is 0 Å². The highest BCUT2D eigenvalue weighted by Gasteiger charge is 2.03. The Morgan fingerprint density at radius 2 is 2.39 bits per heavy atom. The van der Waals surface area contributed by atoms with Gasteiger partial charge in [-0.2, -0.15) is 5.10 Å².